The molecule has 0 spiro atoms. The highest BCUT2D eigenvalue weighted by atomic mass is 16.7. The number of nitrogens with zero attached hydrogens (tertiary/aromatic N) is 1. The van der Waals surface area contributed by atoms with E-state index < -0.39 is 17.8 Å². The van der Waals surface area contributed by atoms with Crippen molar-refractivity contribution < 1.29 is 24.2 Å². The van der Waals surface area contributed by atoms with E-state index in [1.807, 2.05) is 0 Å². The molecule has 88 valence electrons. The van der Waals surface area contributed by atoms with E-state index in [0.717, 1.165) is 11.1 Å². The standard InChI is InChI=1S/C9H12N2O5/c1-15-9(16-2)3-4-11(8(10)14)5-6(9)7(12)13/h3-5H,1-2H3,(H2,10,14)(H,12,13). The van der Waals surface area contributed by atoms with Crippen molar-refractivity contribution in [1.82, 2.24) is 4.90 Å². The van der Waals surface area contributed by atoms with E-state index in [-0.39, 0.29) is 5.57 Å². The summed E-state index contributed by atoms with van der Waals surface area (Å²) in [6, 6.07) is -0.796. The minimum atomic E-state index is -1.50. The molecule has 1 aliphatic rings. The Morgan fingerprint density at radius 2 is 2.00 bits per heavy atom. The molecule has 0 aromatic rings. The number of carboxylic acids is 1. The van der Waals surface area contributed by atoms with Gasteiger partial charge >= 0.3 is 12.0 Å². The zero-order valence-corrected chi connectivity index (χ0v) is 8.84. The number of rotatable bonds is 3. The SMILES string of the molecule is COC1(OC)C=CN(C(N)=O)C=C1C(=O)O. The third kappa shape index (κ3) is 1.90. The lowest BCUT2D eigenvalue weighted by atomic mass is 10.0. The van der Waals surface area contributed by atoms with Crippen LogP contribution in [0, 0.1) is 0 Å². The van der Waals surface area contributed by atoms with Gasteiger partial charge in [0.1, 0.15) is 5.57 Å². The number of carboxylic acid groups (broad SMARTS) is 1. The molecule has 0 fully saturated rings. The second-order valence-electron chi connectivity index (χ2n) is 2.98. The smallest absolute Gasteiger partial charge is 0.338 e. The minimum absolute atomic E-state index is 0.237. The maximum Gasteiger partial charge on any atom is 0.338 e. The molecule has 0 unspecified atom stereocenters. The molecule has 2 amide bonds. The fourth-order valence-corrected chi connectivity index (χ4v) is 1.32. The van der Waals surface area contributed by atoms with Crippen LogP contribution in [0.15, 0.2) is 24.0 Å². The van der Waals surface area contributed by atoms with Gasteiger partial charge in [0.05, 0.1) is 0 Å². The lowest BCUT2D eigenvalue weighted by Crippen LogP contribution is -2.42. The van der Waals surface area contributed by atoms with Gasteiger partial charge in [-0.05, 0) is 6.08 Å². The molecule has 7 heteroatoms. The second-order valence-corrected chi connectivity index (χ2v) is 2.98. The van der Waals surface area contributed by atoms with E-state index in [4.69, 9.17) is 20.3 Å². The number of primary amides is 1. The van der Waals surface area contributed by atoms with Crippen LogP contribution in [0.5, 0.6) is 0 Å². The summed E-state index contributed by atoms with van der Waals surface area (Å²) in [6.07, 6.45) is 3.63. The lowest BCUT2D eigenvalue weighted by Gasteiger charge is -2.32. The van der Waals surface area contributed by atoms with Crippen LogP contribution in [-0.2, 0) is 14.3 Å². The van der Waals surface area contributed by atoms with Gasteiger partial charge in [-0.1, -0.05) is 0 Å². The number of urea groups is 1. The summed E-state index contributed by atoms with van der Waals surface area (Å²) in [5.41, 5.74) is 4.78. The van der Waals surface area contributed by atoms with Gasteiger partial charge in [-0.15, -0.1) is 0 Å². The normalized spacial score (nSPS) is 18.1. The van der Waals surface area contributed by atoms with Gasteiger partial charge in [-0.2, -0.15) is 0 Å². The van der Waals surface area contributed by atoms with Gasteiger partial charge in [0.25, 0.3) is 0 Å². The van der Waals surface area contributed by atoms with Crippen molar-refractivity contribution >= 4 is 12.0 Å². The van der Waals surface area contributed by atoms with Crippen molar-refractivity contribution in [3.05, 3.63) is 24.0 Å². The molecular weight excluding hydrogens is 216 g/mol. The first-order valence-electron chi connectivity index (χ1n) is 4.30. The van der Waals surface area contributed by atoms with Crippen molar-refractivity contribution in [2.24, 2.45) is 5.73 Å². The first kappa shape index (κ1) is 12.2. The van der Waals surface area contributed by atoms with Crippen molar-refractivity contribution in [2.45, 2.75) is 5.79 Å². The topological polar surface area (TPSA) is 102 Å². The third-order valence-electron chi connectivity index (χ3n) is 2.19. The molecule has 0 atom stereocenters. The molecule has 0 aromatic heterocycles. The molecule has 0 saturated carbocycles. The maximum atomic E-state index is 11.0. The van der Waals surface area contributed by atoms with Gasteiger partial charge in [-0.25, -0.2) is 9.59 Å². The van der Waals surface area contributed by atoms with E-state index in [1.165, 1.54) is 26.5 Å². The van der Waals surface area contributed by atoms with Crippen molar-refractivity contribution in [1.29, 1.82) is 0 Å². The number of carbonyl (C=O) groups excluding carboxylic acids is 1. The van der Waals surface area contributed by atoms with Gasteiger partial charge in [-0.3, -0.25) is 4.90 Å². The largest absolute Gasteiger partial charge is 0.478 e. The molecule has 0 bridgehead atoms. The summed E-state index contributed by atoms with van der Waals surface area (Å²) in [4.78, 5) is 22.8. The Bertz CT molecular complexity index is 370. The van der Waals surface area contributed by atoms with Gasteiger partial charge in [0.2, 0.25) is 5.79 Å². The van der Waals surface area contributed by atoms with Crippen LogP contribution in [0.25, 0.3) is 0 Å². The first-order valence-corrected chi connectivity index (χ1v) is 4.30. The zero-order valence-electron chi connectivity index (χ0n) is 8.84. The maximum absolute atomic E-state index is 11.0. The van der Waals surface area contributed by atoms with Crippen molar-refractivity contribution in [2.75, 3.05) is 14.2 Å². The summed E-state index contributed by atoms with van der Waals surface area (Å²) in [6.45, 7) is 0. The Hall–Kier alpha value is -1.86. The fraction of sp³-hybridized carbons (Fsp3) is 0.333. The number of hydrogen-bond donors (Lipinski definition) is 2. The summed E-state index contributed by atoms with van der Waals surface area (Å²) in [5, 5.41) is 8.99. The summed E-state index contributed by atoms with van der Waals surface area (Å²) in [5.74, 6) is -2.77. The summed E-state index contributed by atoms with van der Waals surface area (Å²) < 4.78 is 9.99. The molecule has 0 aliphatic carbocycles. The van der Waals surface area contributed by atoms with Crippen LogP contribution in [0.4, 0.5) is 4.79 Å². The Labute approximate surface area is 91.7 Å². The van der Waals surface area contributed by atoms with Gasteiger partial charge in [0, 0.05) is 26.6 Å². The molecule has 0 aromatic carbocycles. The summed E-state index contributed by atoms with van der Waals surface area (Å²) >= 11 is 0. The average Bonchev–Trinajstić information content (AvgIpc) is 2.27. The molecular formula is C9H12N2O5. The predicted octanol–water partition coefficient (Wildman–Crippen LogP) is -0.148. The van der Waals surface area contributed by atoms with Crippen LogP contribution in [-0.4, -0.2) is 42.0 Å². The molecule has 1 aliphatic heterocycles. The van der Waals surface area contributed by atoms with Crippen LogP contribution >= 0.6 is 0 Å². The molecule has 7 nitrogen and oxygen atoms in total. The minimum Gasteiger partial charge on any atom is -0.478 e. The number of carbonyl (C=O) groups is 2. The third-order valence-corrected chi connectivity index (χ3v) is 2.19. The monoisotopic (exact) mass is 228 g/mol. The molecule has 0 saturated heterocycles. The number of methoxy groups -OCH3 is 2. The summed E-state index contributed by atoms with van der Waals surface area (Å²) in [7, 11) is 2.59. The fourth-order valence-electron chi connectivity index (χ4n) is 1.32. The van der Waals surface area contributed by atoms with Crippen LogP contribution in [0.2, 0.25) is 0 Å². The highest BCUT2D eigenvalue weighted by Gasteiger charge is 2.39. The number of hydrogen-bond acceptors (Lipinski definition) is 4. The Morgan fingerprint density at radius 1 is 1.44 bits per heavy atom. The molecule has 1 heterocycles. The number of nitrogens with two attached hydrogens (primary N) is 1. The lowest BCUT2D eigenvalue weighted by molar-refractivity contribution is -0.161. The Morgan fingerprint density at radius 3 is 2.38 bits per heavy atom. The van der Waals surface area contributed by atoms with Crippen LogP contribution in [0.1, 0.15) is 0 Å². The zero-order chi connectivity index (χ0) is 12.3. The highest BCUT2D eigenvalue weighted by Crippen LogP contribution is 2.28. The van der Waals surface area contributed by atoms with E-state index in [2.05, 4.69) is 0 Å². The predicted molar refractivity (Wildman–Crippen MR) is 53.0 cm³/mol. The van der Waals surface area contributed by atoms with Crippen molar-refractivity contribution in [3.8, 4) is 0 Å². The number of amides is 2. The van der Waals surface area contributed by atoms with E-state index >= 15 is 0 Å². The quantitative estimate of drug-likeness (QED) is 0.654. The van der Waals surface area contributed by atoms with Gasteiger partial charge in [0.15, 0.2) is 0 Å². The number of ether oxygens (including phenoxy) is 2. The first-order chi connectivity index (χ1) is 7.46. The van der Waals surface area contributed by atoms with E-state index in [9.17, 15) is 9.59 Å². The Kier molecular flexibility index (Phi) is 3.31. The Balaban J connectivity index is 3.18. The van der Waals surface area contributed by atoms with Gasteiger partial charge < -0.3 is 20.3 Å². The highest BCUT2D eigenvalue weighted by molar-refractivity contribution is 5.90. The average molecular weight is 228 g/mol. The van der Waals surface area contributed by atoms with Crippen LogP contribution < -0.4 is 5.73 Å². The molecule has 0 radical (unpaired) electrons. The molecule has 1 rings (SSSR count). The van der Waals surface area contributed by atoms with E-state index in [0.29, 0.717) is 0 Å². The second kappa shape index (κ2) is 4.33. The number of aliphatic carboxylic acids is 1. The van der Waals surface area contributed by atoms with Crippen LogP contribution in [0.3, 0.4) is 0 Å². The van der Waals surface area contributed by atoms with E-state index in [1.54, 1.807) is 0 Å². The molecule has 3 N–H and O–H groups in total. The molecule has 16 heavy (non-hydrogen) atoms. The van der Waals surface area contributed by atoms with Crippen molar-refractivity contribution in [3.63, 3.8) is 0 Å².